The van der Waals surface area contributed by atoms with Gasteiger partial charge >= 0.3 is 0 Å². The number of benzene rings is 2. The number of hydrogen-bond donors (Lipinski definition) is 2. The first-order valence-electron chi connectivity index (χ1n) is 13.7. The summed E-state index contributed by atoms with van der Waals surface area (Å²) in [6, 6.07) is 7.31. The average molecular weight is 569 g/mol. The largest absolute Gasteiger partial charge is 0.508 e. The zero-order valence-corrected chi connectivity index (χ0v) is 23.6. The summed E-state index contributed by atoms with van der Waals surface area (Å²) < 4.78 is 31.0. The van der Waals surface area contributed by atoms with Crippen molar-refractivity contribution in [2.24, 2.45) is 0 Å². The van der Waals surface area contributed by atoms with Crippen LogP contribution in [0.5, 0.6) is 5.75 Å². The summed E-state index contributed by atoms with van der Waals surface area (Å²) in [5.74, 6) is 2.12. The standard InChI is InChI=1S/C31H30F2N8O/c1-5-21-24(32)7-6-18-14-20(42)16-22(25(18)21)28-26(33)27-19(17-35-28)15-23-29(36-27)37-31(40(4)13-12-39(2)3)38-30(23)41-10-8-34-9-11-41/h1,6-7,14-17,34,42H,8-13H2,2-4H3. The van der Waals surface area contributed by atoms with Gasteiger partial charge in [0.15, 0.2) is 11.5 Å². The maximum atomic E-state index is 16.4. The van der Waals surface area contributed by atoms with Crippen molar-refractivity contribution in [2.45, 2.75) is 0 Å². The van der Waals surface area contributed by atoms with Crippen LogP contribution in [-0.2, 0) is 0 Å². The third-order valence-corrected chi connectivity index (χ3v) is 7.52. The van der Waals surface area contributed by atoms with Gasteiger partial charge in [-0.1, -0.05) is 12.0 Å². The number of nitrogens with one attached hydrogen (secondary N) is 1. The first-order valence-corrected chi connectivity index (χ1v) is 13.7. The molecule has 3 aromatic heterocycles. The molecule has 214 valence electrons. The Morgan fingerprint density at radius 2 is 1.81 bits per heavy atom. The highest BCUT2D eigenvalue weighted by Crippen LogP contribution is 2.38. The van der Waals surface area contributed by atoms with Crippen molar-refractivity contribution in [3.05, 3.63) is 53.7 Å². The number of halogens is 2. The van der Waals surface area contributed by atoms with Crippen LogP contribution in [0.25, 0.3) is 44.0 Å². The fourth-order valence-electron chi connectivity index (χ4n) is 5.30. The topological polar surface area (TPSA) is 93.5 Å². The zero-order chi connectivity index (χ0) is 29.5. The van der Waals surface area contributed by atoms with Crippen LogP contribution in [0.1, 0.15) is 5.56 Å². The van der Waals surface area contributed by atoms with E-state index in [1.165, 1.54) is 30.5 Å². The number of nitrogens with zero attached hydrogens (tertiary/aromatic N) is 7. The van der Waals surface area contributed by atoms with Gasteiger partial charge in [-0.3, -0.25) is 4.98 Å². The molecule has 9 nitrogen and oxygen atoms in total. The molecule has 1 aliphatic rings. The summed E-state index contributed by atoms with van der Waals surface area (Å²) in [6.07, 6.45) is 7.15. The number of fused-ring (bicyclic) bond motifs is 3. The lowest BCUT2D eigenvalue weighted by molar-refractivity contribution is 0.415. The molecule has 0 radical (unpaired) electrons. The lowest BCUT2D eigenvalue weighted by Gasteiger charge is -2.30. The highest BCUT2D eigenvalue weighted by atomic mass is 19.1. The number of phenolic OH excluding ortho intramolecular Hbond substituents is 1. The maximum absolute atomic E-state index is 16.4. The summed E-state index contributed by atoms with van der Waals surface area (Å²) in [4.78, 5) is 25.0. The molecule has 5 aromatic rings. The van der Waals surface area contributed by atoms with Crippen LogP contribution in [-0.4, -0.2) is 90.4 Å². The van der Waals surface area contributed by atoms with Gasteiger partial charge in [-0.2, -0.15) is 9.97 Å². The third kappa shape index (κ3) is 4.89. The number of rotatable bonds is 6. The summed E-state index contributed by atoms with van der Waals surface area (Å²) in [6.45, 7) is 4.64. The normalized spacial score (nSPS) is 13.8. The van der Waals surface area contributed by atoms with Crippen LogP contribution in [0.2, 0.25) is 0 Å². The number of aromatic nitrogens is 4. The van der Waals surface area contributed by atoms with Gasteiger partial charge in [0.25, 0.3) is 0 Å². The number of pyridine rings is 2. The first kappa shape index (κ1) is 27.5. The SMILES string of the molecule is C#Cc1c(F)ccc2cc(O)cc(-c3ncc4cc5c(N6CCNCC6)nc(N(C)CCN(C)C)nc5nc4c3F)c12. The number of phenols is 1. The van der Waals surface area contributed by atoms with Gasteiger partial charge < -0.3 is 25.1 Å². The molecular formula is C31H30F2N8O. The van der Waals surface area contributed by atoms with E-state index in [0.29, 0.717) is 34.3 Å². The van der Waals surface area contributed by atoms with Crippen LogP contribution in [0.4, 0.5) is 20.5 Å². The Morgan fingerprint density at radius 1 is 1.02 bits per heavy atom. The van der Waals surface area contributed by atoms with Crippen molar-refractivity contribution in [3.63, 3.8) is 0 Å². The fraction of sp³-hybridized carbons (Fsp3) is 0.290. The second-order valence-electron chi connectivity index (χ2n) is 10.7. The van der Waals surface area contributed by atoms with Crippen molar-refractivity contribution in [1.82, 2.24) is 30.2 Å². The summed E-state index contributed by atoms with van der Waals surface area (Å²) >= 11 is 0. The highest BCUT2D eigenvalue weighted by molar-refractivity contribution is 6.03. The molecular weight excluding hydrogens is 538 g/mol. The van der Waals surface area contributed by atoms with E-state index in [2.05, 4.69) is 26.0 Å². The molecule has 0 spiro atoms. The smallest absolute Gasteiger partial charge is 0.229 e. The molecule has 0 atom stereocenters. The number of piperazine rings is 1. The van der Waals surface area contributed by atoms with Gasteiger partial charge in [-0.05, 0) is 43.7 Å². The number of aromatic hydroxyl groups is 1. The van der Waals surface area contributed by atoms with Crippen molar-refractivity contribution >= 4 is 44.5 Å². The quantitative estimate of drug-likeness (QED) is 0.235. The van der Waals surface area contributed by atoms with E-state index in [9.17, 15) is 9.50 Å². The zero-order valence-electron chi connectivity index (χ0n) is 23.6. The summed E-state index contributed by atoms with van der Waals surface area (Å²) in [5, 5.41) is 15.7. The molecule has 0 saturated carbocycles. The molecule has 1 saturated heterocycles. The van der Waals surface area contributed by atoms with Crippen molar-refractivity contribution in [1.29, 1.82) is 0 Å². The molecule has 0 aliphatic carbocycles. The van der Waals surface area contributed by atoms with Gasteiger partial charge in [0.05, 0.1) is 10.9 Å². The van der Waals surface area contributed by atoms with Gasteiger partial charge in [-0.25, -0.2) is 13.8 Å². The Morgan fingerprint density at radius 3 is 2.55 bits per heavy atom. The Labute approximate surface area is 241 Å². The van der Waals surface area contributed by atoms with E-state index in [0.717, 1.165) is 38.5 Å². The predicted molar refractivity (Wildman–Crippen MR) is 162 cm³/mol. The molecule has 1 aliphatic heterocycles. The van der Waals surface area contributed by atoms with Crippen molar-refractivity contribution < 1.29 is 13.9 Å². The third-order valence-electron chi connectivity index (χ3n) is 7.52. The Balaban J connectivity index is 1.57. The Kier molecular flexibility index (Phi) is 7.18. The van der Waals surface area contributed by atoms with Gasteiger partial charge in [0.1, 0.15) is 28.6 Å². The predicted octanol–water partition coefficient (Wildman–Crippen LogP) is 3.77. The van der Waals surface area contributed by atoms with E-state index < -0.39 is 11.6 Å². The van der Waals surface area contributed by atoms with Crippen LogP contribution in [0.15, 0.2) is 36.5 Å². The summed E-state index contributed by atoms with van der Waals surface area (Å²) in [7, 11) is 5.92. The van der Waals surface area contributed by atoms with Gasteiger partial charge in [0, 0.05) is 68.8 Å². The van der Waals surface area contributed by atoms with E-state index in [1.54, 1.807) is 0 Å². The van der Waals surface area contributed by atoms with Crippen LogP contribution in [0, 0.1) is 24.0 Å². The second kappa shape index (κ2) is 11.0. The average Bonchev–Trinajstić information content (AvgIpc) is 2.99. The van der Waals surface area contributed by atoms with E-state index in [1.807, 2.05) is 32.1 Å². The van der Waals surface area contributed by atoms with Crippen LogP contribution < -0.4 is 15.1 Å². The lowest BCUT2D eigenvalue weighted by Crippen LogP contribution is -2.44. The van der Waals surface area contributed by atoms with E-state index >= 15 is 4.39 Å². The molecule has 0 unspecified atom stereocenters. The monoisotopic (exact) mass is 568 g/mol. The van der Waals surface area contributed by atoms with Crippen molar-refractivity contribution in [3.8, 4) is 29.4 Å². The fourth-order valence-corrected chi connectivity index (χ4v) is 5.30. The molecule has 0 amide bonds. The number of likely N-dealkylation sites (N-methyl/N-ethyl adjacent to an activating group) is 2. The Bertz CT molecular complexity index is 1880. The molecule has 0 bridgehead atoms. The van der Waals surface area contributed by atoms with Crippen molar-refractivity contribution in [2.75, 3.05) is 70.2 Å². The first-order chi connectivity index (χ1) is 20.2. The van der Waals surface area contributed by atoms with Gasteiger partial charge in [-0.15, -0.1) is 6.42 Å². The second-order valence-corrected chi connectivity index (χ2v) is 10.7. The van der Waals surface area contributed by atoms with E-state index in [4.69, 9.17) is 21.4 Å². The Hall–Kier alpha value is -4.66. The summed E-state index contributed by atoms with van der Waals surface area (Å²) in [5.41, 5.74) is 0.442. The number of anilines is 2. The minimum atomic E-state index is -0.724. The number of terminal acetylenes is 1. The molecule has 2 aromatic carbocycles. The molecule has 2 N–H and O–H groups in total. The minimum absolute atomic E-state index is 0.0333. The lowest BCUT2D eigenvalue weighted by atomic mass is 9.95. The molecule has 4 heterocycles. The van der Waals surface area contributed by atoms with Crippen LogP contribution in [0.3, 0.4) is 0 Å². The van der Waals surface area contributed by atoms with Crippen LogP contribution >= 0.6 is 0 Å². The molecule has 11 heteroatoms. The highest BCUT2D eigenvalue weighted by Gasteiger charge is 2.23. The van der Waals surface area contributed by atoms with E-state index in [-0.39, 0.29) is 33.5 Å². The van der Waals surface area contributed by atoms with Gasteiger partial charge in [0.2, 0.25) is 5.95 Å². The molecule has 6 rings (SSSR count). The number of hydrogen-bond acceptors (Lipinski definition) is 9. The molecule has 42 heavy (non-hydrogen) atoms. The molecule has 1 fully saturated rings. The minimum Gasteiger partial charge on any atom is -0.508 e. The maximum Gasteiger partial charge on any atom is 0.229 e.